The summed E-state index contributed by atoms with van der Waals surface area (Å²) in [6, 6.07) is 20.9. The number of sulfonamides is 1. The van der Waals surface area contributed by atoms with Crippen molar-refractivity contribution in [1.29, 1.82) is 0 Å². The molecule has 0 saturated heterocycles. The number of nitrogens with one attached hydrogen (secondary N) is 2. The maximum absolute atomic E-state index is 13.3. The highest BCUT2D eigenvalue weighted by atomic mass is 32.2. The van der Waals surface area contributed by atoms with Gasteiger partial charge < -0.3 is 0 Å². The zero-order chi connectivity index (χ0) is 20.0. The number of benzene rings is 3. The Hall–Kier alpha value is -2.98. The van der Waals surface area contributed by atoms with E-state index in [1.807, 2.05) is 37.3 Å². The van der Waals surface area contributed by atoms with Crippen molar-refractivity contribution in [2.45, 2.75) is 17.9 Å². The van der Waals surface area contributed by atoms with Crippen LogP contribution < -0.4 is 10.3 Å². The van der Waals surface area contributed by atoms with E-state index in [9.17, 15) is 12.8 Å². The molecule has 3 aromatic carbocycles. The fourth-order valence-electron chi connectivity index (χ4n) is 2.45. The van der Waals surface area contributed by atoms with Crippen molar-refractivity contribution >= 4 is 10.0 Å². The summed E-state index contributed by atoms with van der Waals surface area (Å²) in [6.45, 7) is 1.88. The zero-order valence-corrected chi connectivity index (χ0v) is 16.0. The van der Waals surface area contributed by atoms with E-state index >= 15 is 0 Å². The third-order valence-corrected chi connectivity index (χ3v) is 5.29. The second-order valence-electron chi connectivity index (χ2n) is 6.18. The molecule has 0 spiro atoms. The highest BCUT2D eigenvalue weighted by Gasteiger charge is 2.16. The lowest BCUT2D eigenvalue weighted by molar-refractivity contribution is 0.539. The topological polar surface area (TPSA) is 58.2 Å². The highest BCUT2D eigenvalue weighted by molar-refractivity contribution is 7.89. The molecule has 0 aliphatic carbocycles. The Bertz CT molecular complexity index is 1090. The van der Waals surface area contributed by atoms with Gasteiger partial charge in [0.05, 0.1) is 4.90 Å². The highest BCUT2D eigenvalue weighted by Crippen LogP contribution is 2.14. The van der Waals surface area contributed by atoms with E-state index in [4.69, 9.17) is 0 Å². The summed E-state index contributed by atoms with van der Waals surface area (Å²) in [5.74, 6) is 5.62. The summed E-state index contributed by atoms with van der Waals surface area (Å²) in [4.78, 5) is 2.51. The van der Waals surface area contributed by atoms with E-state index in [0.717, 1.165) is 11.1 Å². The summed E-state index contributed by atoms with van der Waals surface area (Å²) in [7, 11) is -3.77. The Labute approximate surface area is 164 Å². The minimum absolute atomic E-state index is 0.138. The molecule has 0 aliphatic heterocycles. The molecule has 1 unspecified atom stereocenters. The Kier molecular flexibility index (Phi) is 6.22. The van der Waals surface area contributed by atoms with Gasteiger partial charge in [-0.05, 0) is 48.9 Å². The summed E-state index contributed by atoms with van der Waals surface area (Å²) >= 11 is 0. The minimum Gasteiger partial charge on any atom is -0.224 e. The Morgan fingerprint density at radius 1 is 0.893 bits per heavy atom. The van der Waals surface area contributed by atoms with Gasteiger partial charge in [0.2, 0.25) is 0 Å². The molecule has 28 heavy (non-hydrogen) atoms. The molecule has 0 bridgehead atoms. The van der Waals surface area contributed by atoms with Gasteiger partial charge in [-0.3, -0.25) is 0 Å². The lowest BCUT2D eigenvalue weighted by Gasteiger charge is -2.15. The first kappa shape index (κ1) is 19.8. The second-order valence-corrected chi connectivity index (χ2v) is 7.87. The van der Waals surface area contributed by atoms with E-state index < -0.39 is 16.1 Å². The quantitative estimate of drug-likeness (QED) is 0.512. The predicted octanol–water partition coefficient (Wildman–Crippen LogP) is 3.71. The lowest BCUT2D eigenvalue weighted by Crippen LogP contribution is -2.39. The number of halogens is 1. The summed E-state index contributed by atoms with van der Waals surface area (Å²) < 4.78 is 38.3. The molecule has 0 aromatic heterocycles. The van der Waals surface area contributed by atoms with Crippen molar-refractivity contribution < 1.29 is 12.8 Å². The van der Waals surface area contributed by atoms with Crippen LogP contribution in [0.2, 0.25) is 0 Å². The van der Waals surface area contributed by atoms with E-state index in [-0.39, 0.29) is 10.7 Å². The van der Waals surface area contributed by atoms with Crippen molar-refractivity contribution in [3.63, 3.8) is 0 Å². The first-order valence-electron chi connectivity index (χ1n) is 8.60. The molecule has 3 aromatic rings. The average Bonchev–Trinajstić information content (AvgIpc) is 2.70. The third kappa shape index (κ3) is 5.27. The van der Waals surface area contributed by atoms with Gasteiger partial charge in [-0.2, -0.15) is 0 Å². The van der Waals surface area contributed by atoms with Crippen LogP contribution >= 0.6 is 0 Å². The maximum atomic E-state index is 13.3. The van der Waals surface area contributed by atoms with Crippen LogP contribution in [0, 0.1) is 24.6 Å². The molecule has 3 rings (SSSR count). The standard InChI is InChI=1S/C22H19FN2O2S/c1-17-7-14-21(15-8-17)28(26,27)25-24-22(19-10-12-20(23)13-11-19)16-9-18-5-3-2-4-6-18/h2-8,10-15,22,24-25H,1H3. The molecule has 2 N–H and O–H groups in total. The smallest absolute Gasteiger partial charge is 0.224 e. The number of hydrogen-bond donors (Lipinski definition) is 2. The third-order valence-electron chi connectivity index (χ3n) is 4.01. The average molecular weight is 394 g/mol. The molecule has 0 aliphatic rings. The molecule has 142 valence electrons. The van der Waals surface area contributed by atoms with E-state index in [2.05, 4.69) is 22.1 Å². The molecule has 4 nitrogen and oxygen atoms in total. The molecule has 0 radical (unpaired) electrons. The first-order valence-corrected chi connectivity index (χ1v) is 10.1. The monoisotopic (exact) mass is 394 g/mol. The van der Waals surface area contributed by atoms with Crippen LogP contribution in [0.3, 0.4) is 0 Å². The van der Waals surface area contributed by atoms with Gasteiger partial charge in [0.1, 0.15) is 11.9 Å². The maximum Gasteiger partial charge on any atom is 0.253 e. The van der Waals surface area contributed by atoms with Gasteiger partial charge in [0.15, 0.2) is 0 Å². The van der Waals surface area contributed by atoms with Crippen LogP contribution in [-0.2, 0) is 10.0 Å². The van der Waals surface area contributed by atoms with Gasteiger partial charge in [0.25, 0.3) is 10.0 Å². The first-order chi connectivity index (χ1) is 13.4. The van der Waals surface area contributed by atoms with Crippen LogP contribution in [0.1, 0.15) is 22.7 Å². The molecule has 6 heteroatoms. The van der Waals surface area contributed by atoms with Crippen LogP contribution in [0.5, 0.6) is 0 Å². The second kappa shape index (κ2) is 8.81. The Morgan fingerprint density at radius 3 is 2.18 bits per heavy atom. The molecule has 1 atom stereocenters. The number of aryl methyl sites for hydroxylation is 1. The lowest BCUT2D eigenvalue weighted by atomic mass is 10.1. The van der Waals surface area contributed by atoms with Crippen molar-refractivity contribution in [2.75, 3.05) is 0 Å². The van der Waals surface area contributed by atoms with Crippen LogP contribution in [0.25, 0.3) is 0 Å². The van der Waals surface area contributed by atoms with Gasteiger partial charge >= 0.3 is 0 Å². The van der Waals surface area contributed by atoms with Crippen molar-refractivity contribution in [3.8, 4) is 11.8 Å². The van der Waals surface area contributed by atoms with Crippen molar-refractivity contribution in [3.05, 3.63) is 101 Å². The minimum atomic E-state index is -3.77. The van der Waals surface area contributed by atoms with Gasteiger partial charge in [-0.25, -0.2) is 18.2 Å². The van der Waals surface area contributed by atoms with E-state index in [1.54, 1.807) is 24.3 Å². The van der Waals surface area contributed by atoms with Crippen LogP contribution in [0.15, 0.2) is 83.8 Å². The largest absolute Gasteiger partial charge is 0.253 e. The van der Waals surface area contributed by atoms with Crippen molar-refractivity contribution in [1.82, 2.24) is 10.3 Å². The fourth-order valence-corrected chi connectivity index (χ4v) is 3.33. The number of hydrazine groups is 1. The fraction of sp³-hybridized carbons (Fsp3) is 0.0909. The Morgan fingerprint density at radius 2 is 1.54 bits per heavy atom. The van der Waals surface area contributed by atoms with Gasteiger partial charge in [0, 0.05) is 5.56 Å². The van der Waals surface area contributed by atoms with Crippen LogP contribution in [0.4, 0.5) is 4.39 Å². The normalized spacial score (nSPS) is 12.1. The molecular formula is C22H19FN2O2S. The van der Waals surface area contributed by atoms with Crippen molar-refractivity contribution in [2.24, 2.45) is 0 Å². The summed E-state index contributed by atoms with van der Waals surface area (Å²) in [6.07, 6.45) is 0. The molecule has 0 heterocycles. The van der Waals surface area contributed by atoms with E-state index in [0.29, 0.717) is 5.56 Å². The number of rotatable bonds is 5. The predicted molar refractivity (Wildman–Crippen MR) is 107 cm³/mol. The van der Waals surface area contributed by atoms with Crippen LogP contribution in [-0.4, -0.2) is 8.42 Å². The SMILES string of the molecule is Cc1ccc(S(=O)(=O)NNC(C#Cc2ccccc2)c2ccc(F)cc2)cc1. The number of hydrogen-bond acceptors (Lipinski definition) is 3. The Balaban J connectivity index is 1.84. The summed E-state index contributed by atoms with van der Waals surface area (Å²) in [5, 5.41) is 0. The molecule has 0 fully saturated rings. The summed E-state index contributed by atoms with van der Waals surface area (Å²) in [5.41, 5.74) is 5.13. The molecular weight excluding hydrogens is 375 g/mol. The van der Waals surface area contributed by atoms with E-state index in [1.165, 1.54) is 24.3 Å². The van der Waals surface area contributed by atoms with Gasteiger partial charge in [-0.1, -0.05) is 59.9 Å². The van der Waals surface area contributed by atoms with Gasteiger partial charge in [-0.15, -0.1) is 4.83 Å². The zero-order valence-electron chi connectivity index (χ0n) is 15.2. The molecule has 0 amide bonds. The molecule has 0 saturated carbocycles.